The van der Waals surface area contributed by atoms with Crippen LogP contribution in [0.1, 0.15) is 18.5 Å². The monoisotopic (exact) mass is 398 g/mol. The van der Waals surface area contributed by atoms with Crippen LogP contribution in [0.5, 0.6) is 0 Å². The summed E-state index contributed by atoms with van der Waals surface area (Å²) in [6.07, 6.45) is -4.69. The molecule has 1 unspecified atom stereocenters. The van der Waals surface area contributed by atoms with E-state index in [0.717, 1.165) is 4.90 Å². The van der Waals surface area contributed by atoms with Crippen molar-refractivity contribution in [2.75, 3.05) is 13.1 Å². The lowest BCUT2D eigenvalue weighted by Gasteiger charge is -2.22. The summed E-state index contributed by atoms with van der Waals surface area (Å²) in [5.41, 5.74) is 0.504. The van der Waals surface area contributed by atoms with Crippen molar-refractivity contribution in [1.82, 2.24) is 10.2 Å². The lowest BCUT2D eigenvalue weighted by atomic mass is 9.96. The molecule has 1 aliphatic heterocycles. The molecule has 2 N–H and O–H groups in total. The van der Waals surface area contributed by atoms with Crippen molar-refractivity contribution in [3.63, 3.8) is 0 Å². The third-order valence-corrected chi connectivity index (χ3v) is 4.97. The maximum atomic E-state index is 13.0. The number of carboxylic acid groups (broad SMARTS) is 1. The molecule has 0 spiro atoms. The van der Waals surface area contributed by atoms with Crippen LogP contribution in [-0.2, 0) is 4.79 Å². The van der Waals surface area contributed by atoms with Crippen LogP contribution in [0, 0.1) is 11.8 Å². The molecule has 10 heteroatoms. The van der Waals surface area contributed by atoms with E-state index in [1.54, 1.807) is 25.1 Å². The van der Waals surface area contributed by atoms with Crippen LogP contribution in [0.2, 0.25) is 10.0 Å². The summed E-state index contributed by atoms with van der Waals surface area (Å²) in [5, 5.41) is 12.0. The van der Waals surface area contributed by atoms with Crippen LogP contribution in [0.15, 0.2) is 18.2 Å². The number of urea groups is 1. The number of nitrogens with one attached hydrogen (secondary N) is 1. The zero-order chi connectivity index (χ0) is 18.9. The molecule has 0 radical (unpaired) electrons. The van der Waals surface area contributed by atoms with Gasteiger partial charge in [-0.05, 0) is 18.6 Å². The molecule has 2 amide bonds. The zero-order valence-electron chi connectivity index (χ0n) is 13.0. The Hall–Kier alpha value is -1.67. The third-order valence-electron chi connectivity index (χ3n) is 4.13. The first kappa shape index (κ1) is 19.7. The fourth-order valence-electron chi connectivity index (χ4n) is 2.76. The molecule has 1 aliphatic rings. The number of likely N-dealkylation sites (tertiary alicyclic amines) is 1. The molecule has 0 aliphatic carbocycles. The van der Waals surface area contributed by atoms with Gasteiger partial charge in [-0.1, -0.05) is 35.3 Å². The standard InChI is InChI=1S/C15H15Cl2F3N2O3/c1-7(8-3-2-4-11(16)12(8)17)21-14(25)22-5-9(13(23)24)10(6-22)15(18,19)20/h2-4,7,9-10H,5-6H2,1H3,(H,21,25)(H,23,24)/t7?,9-,10-/m1/s1. The molecule has 0 saturated carbocycles. The Labute approximate surface area is 151 Å². The number of hydrogen-bond acceptors (Lipinski definition) is 2. The van der Waals surface area contributed by atoms with Crippen molar-refractivity contribution in [1.29, 1.82) is 0 Å². The fraction of sp³-hybridized carbons (Fsp3) is 0.467. The third kappa shape index (κ3) is 4.30. The van der Waals surface area contributed by atoms with Crippen molar-refractivity contribution in [3.05, 3.63) is 33.8 Å². The topological polar surface area (TPSA) is 69.6 Å². The van der Waals surface area contributed by atoms with E-state index in [1.165, 1.54) is 0 Å². The Morgan fingerprint density at radius 1 is 1.32 bits per heavy atom. The molecule has 1 saturated heterocycles. The molecule has 1 fully saturated rings. The maximum Gasteiger partial charge on any atom is 0.394 e. The molecule has 2 rings (SSSR count). The van der Waals surface area contributed by atoms with E-state index in [0.29, 0.717) is 5.56 Å². The SMILES string of the molecule is CC(NC(=O)N1C[C@@H](C(F)(F)F)[C@H](C(=O)O)C1)c1cccc(Cl)c1Cl. The van der Waals surface area contributed by atoms with E-state index in [2.05, 4.69) is 5.32 Å². The van der Waals surface area contributed by atoms with E-state index >= 15 is 0 Å². The summed E-state index contributed by atoms with van der Waals surface area (Å²) in [6, 6.07) is 3.41. The molecule has 138 valence electrons. The minimum Gasteiger partial charge on any atom is -0.481 e. The summed E-state index contributed by atoms with van der Waals surface area (Å²) in [5.74, 6) is -5.36. The Balaban J connectivity index is 2.11. The second kappa shape index (κ2) is 7.29. The van der Waals surface area contributed by atoms with E-state index in [1.807, 2.05) is 0 Å². The highest BCUT2D eigenvalue weighted by Crippen LogP contribution is 2.38. The molecular formula is C15H15Cl2F3N2O3. The summed E-state index contributed by atoms with van der Waals surface area (Å²) in [7, 11) is 0. The van der Waals surface area contributed by atoms with Gasteiger partial charge in [-0.3, -0.25) is 4.79 Å². The van der Waals surface area contributed by atoms with Crippen molar-refractivity contribution in [2.24, 2.45) is 11.8 Å². The fourth-order valence-corrected chi connectivity index (χ4v) is 3.23. The number of carbonyl (C=O) groups excluding carboxylic acids is 1. The first-order valence-corrected chi connectivity index (χ1v) is 8.06. The number of carboxylic acids is 1. The second-order valence-electron chi connectivity index (χ2n) is 5.81. The number of aliphatic carboxylic acids is 1. The van der Waals surface area contributed by atoms with Gasteiger partial charge in [0, 0.05) is 13.1 Å². The minimum absolute atomic E-state index is 0.231. The minimum atomic E-state index is -4.69. The first-order chi connectivity index (χ1) is 11.5. The Kier molecular flexibility index (Phi) is 5.73. The maximum absolute atomic E-state index is 13.0. The zero-order valence-corrected chi connectivity index (χ0v) is 14.5. The highest BCUT2D eigenvalue weighted by molar-refractivity contribution is 6.42. The number of alkyl halides is 3. The predicted molar refractivity (Wildman–Crippen MR) is 85.7 cm³/mol. The summed E-state index contributed by atoms with van der Waals surface area (Å²) in [6.45, 7) is 0.380. The molecule has 0 aromatic heterocycles. The molecule has 0 bridgehead atoms. The number of nitrogens with zero attached hydrogens (tertiary/aromatic N) is 1. The van der Waals surface area contributed by atoms with Crippen LogP contribution in [0.3, 0.4) is 0 Å². The van der Waals surface area contributed by atoms with Crippen molar-refractivity contribution >= 4 is 35.2 Å². The quantitative estimate of drug-likeness (QED) is 0.809. The number of halogens is 5. The summed E-state index contributed by atoms with van der Waals surface area (Å²) in [4.78, 5) is 24.2. The number of carbonyl (C=O) groups is 2. The summed E-state index contributed by atoms with van der Waals surface area (Å²) < 4.78 is 38.9. The van der Waals surface area contributed by atoms with Gasteiger partial charge in [0.15, 0.2) is 0 Å². The first-order valence-electron chi connectivity index (χ1n) is 7.31. The molecule has 1 heterocycles. The highest BCUT2D eigenvalue weighted by Gasteiger charge is 2.53. The predicted octanol–water partition coefficient (Wildman–Crippen LogP) is 3.96. The van der Waals surface area contributed by atoms with Gasteiger partial charge < -0.3 is 15.3 Å². The Bertz CT molecular complexity index is 684. The van der Waals surface area contributed by atoms with Gasteiger partial charge in [-0.25, -0.2) is 4.79 Å². The number of benzene rings is 1. The van der Waals surface area contributed by atoms with Crippen LogP contribution < -0.4 is 5.32 Å². The molecule has 3 atom stereocenters. The second-order valence-corrected chi connectivity index (χ2v) is 6.60. The number of amides is 2. The van der Waals surface area contributed by atoms with Crippen molar-refractivity contribution in [3.8, 4) is 0 Å². The molecular weight excluding hydrogens is 384 g/mol. The molecule has 5 nitrogen and oxygen atoms in total. The van der Waals surface area contributed by atoms with Crippen molar-refractivity contribution < 1.29 is 27.9 Å². The number of rotatable bonds is 3. The van der Waals surface area contributed by atoms with Crippen LogP contribution in [-0.4, -0.2) is 41.3 Å². The van der Waals surface area contributed by atoms with Crippen LogP contribution >= 0.6 is 23.2 Å². The normalized spacial score (nSPS) is 21.9. The smallest absolute Gasteiger partial charge is 0.394 e. The number of hydrogen-bond donors (Lipinski definition) is 2. The summed E-state index contributed by atoms with van der Waals surface area (Å²) >= 11 is 12.0. The Morgan fingerprint density at radius 3 is 2.48 bits per heavy atom. The van der Waals surface area contributed by atoms with Crippen molar-refractivity contribution in [2.45, 2.75) is 19.1 Å². The highest BCUT2D eigenvalue weighted by atomic mass is 35.5. The van der Waals surface area contributed by atoms with E-state index in [-0.39, 0.29) is 10.0 Å². The van der Waals surface area contributed by atoms with E-state index < -0.39 is 49.1 Å². The van der Waals surface area contributed by atoms with Crippen LogP contribution in [0.4, 0.5) is 18.0 Å². The molecule has 1 aromatic carbocycles. The van der Waals surface area contributed by atoms with Gasteiger partial charge in [-0.2, -0.15) is 13.2 Å². The largest absolute Gasteiger partial charge is 0.481 e. The lowest BCUT2D eigenvalue weighted by molar-refractivity contribution is -0.187. The van der Waals surface area contributed by atoms with Gasteiger partial charge in [0.1, 0.15) is 0 Å². The Morgan fingerprint density at radius 2 is 1.96 bits per heavy atom. The van der Waals surface area contributed by atoms with Crippen LogP contribution in [0.25, 0.3) is 0 Å². The molecule has 1 aromatic rings. The van der Waals surface area contributed by atoms with Gasteiger partial charge in [0.2, 0.25) is 0 Å². The van der Waals surface area contributed by atoms with Gasteiger partial charge in [0.05, 0.1) is 27.9 Å². The van der Waals surface area contributed by atoms with E-state index in [4.69, 9.17) is 28.3 Å². The van der Waals surface area contributed by atoms with Gasteiger partial charge in [-0.15, -0.1) is 0 Å². The average Bonchev–Trinajstić information content (AvgIpc) is 2.95. The average molecular weight is 399 g/mol. The van der Waals surface area contributed by atoms with E-state index in [9.17, 15) is 22.8 Å². The molecule has 25 heavy (non-hydrogen) atoms. The van der Waals surface area contributed by atoms with Gasteiger partial charge >= 0.3 is 18.2 Å². The lowest BCUT2D eigenvalue weighted by Crippen LogP contribution is -2.40. The van der Waals surface area contributed by atoms with Gasteiger partial charge in [0.25, 0.3) is 0 Å².